The van der Waals surface area contributed by atoms with E-state index in [0.717, 1.165) is 15.0 Å². The van der Waals surface area contributed by atoms with Crippen molar-refractivity contribution in [2.24, 2.45) is 0 Å². The van der Waals surface area contributed by atoms with Crippen molar-refractivity contribution >= 4 is 38.4 Å². The summed E-state index contributed by atoms with van der Waals surface area (Å²) in [5.74, 6) is 0. The van der Waals surface area contributed by atoms with Gasteiger partial charge in [-0.15, -0.1) is 10.2 Å². The number of anilines is 1. The number of nitrogens with zero attached hydrogens (tertiary/aromatic N) is 4. The van der Waals surface area contributed by atoms with Gasteiger partial charge in [-0.3, -0.25) is 4.90 Å². The summed E-state index contributed by atoms with van der Waals surface area (Å²) < 4.78 is 1.02. The molecule has 21 heavy (non-hydrogen) atoms. The number of carbonyl (C=O) groups excluding carboxylic acids is 1. The summed E-state index contributed by atoms with van der Waals surface area (Å²) in [6.07, 6.45) is 0. The second-order valence-corrected chi connectivity index (χ2v) is 6.28. The number of urea groups is 1. The van der Waals surface area contributed by atoms with Crippen LogP contribution in [-0.2, 0) is 0 Å². The molecule has 0 atom stereocenters. The third-order valence-corrected chi connectivity index (χ3v) is 4.69. The Morgan fingerprint density at radius 1 is 1.19 bits per heavy atom. The molecule has 112 valence electrons. The maximum Gasteiger partial charge on any atom is 0.326 e. The Balaban J connectivity index is 2.19. The van der Waals surface area contributed by atoms with Gasteiger partial charge in [0, 0.05) is 30.2 Å². The van der Waals surface area contributed by atoms with Gasteiger partial charge in [-0.1, -0.05) is 39.4 Å². The Hall–Kier alpha value is -1.47. The van der Waals surface area contributed by atoms with Crippen LogP contribution in [0.4, 0.5) is 9.93 Å². The van der Waals surface area contributed by atoms with Gasteiger partial charge in [-0.2, -0.15) is 0 Å². The van der Waals surface area contributed by atoms with Crippen LogP contribution < -0.4 is 4.90 Å². The van der Waals surface area contributed by atoms with Crippen LogP contribution in [0.15, 0.2) is 28.7 Å². The molecular formula is C14H17BrN4OS. The lowest BCUT2D eigenvalue weighted by Gasteiger charge is -2.23. The smallest absolute Gasteiger partial charge is 0.325 e. The predicted octanol–water partition coefficient (Wildman–Crippen LogP) is 3.87. The van der Waals surface area contributed by atoms with E-state index in [1.807, 2.05) is 38.1 Å². The van der Waals surface area contributed by atoms with Crippen LogP contribution in [0, 0.1) is 0 Å². The molecule has 7 heteroatoms. The van der Waals surface area contributed by atoms with E-state index in [1.165, 1.54) is 11.3 Å². The first-order chi connectivity index (χ1) is 10.1. The van der Waals surface area contributed by atoms with Crippen molar-refractivity contribution in [3.8, 4) is 10.6 Å². The molecule has 0 fully saturated rings. The molecule has 0 saturated heterocycles. The average molecular weight is 369 g/mol. The van der Waals surface area contributed by atoms with Gasteiger partial charge < -0.3 is 4.90 Å². The molecule has 2 amide bonds. The highest BCUT2D eigenvalue weighted by Crippen LogP contribution is 2.29. The van der Waals surface area contributed by atoms with Gasteiger partial charge in [0.25, 0.3) is 0 Å². The second kappa shape index (κ2) is 7.00. The lowest BCUT2D eigenvalue weighted by Crippen LogP contribution is -2.41. The maximum atomic E-state index is 12.3. The number of hydrogen-bond acceptors (Lipinski definition) is 4. The molecule has 0 unspecified atom stereocenters. The average Bonchev–Trinajstić information content (AvgIpc) is 2.98. The fraction of sp³-hybridized carbons (Fsp3) is 0.357. The molecule has 1 heterocycles. The quantitative estimate of drug-likeness (QED) is 0.822. The Labute approximate surface area is 136 Å². The summed E-state index contributed by atoms with van der Waals surface area (Å²) in [5, 5.41) is 9.70. The van der Waals surface area contributed by atoms with Gasteiger partial charge in [0.1, 0.15) is 5.01 Å². The van der Waals surface area contributed by atoms with Crippen LogP contribution in [0.1, 0.15) is 13.8 Å². The fourth-order valence-corrected chi connectivity index (χ4v) is 2.92. The second-order valence-electron chi connectivity index (χ2n) is 4.41. The maximum absolute atomic E-state index is 12.3. The molecule has 0 aliphatic heterocycles. The van der Waals surface area contributed by atoms with Gasteiger partial charge >= 0.3 is 6.03 Å². The molecule has 1 aromatic carbocycles. The minimum Gasteiger partial charge on any atom is -0.325 e. The molecule has 0 N–H and O–H groups in total. The van der Waals surface area contributed by atoms with Gasteiger partial charge in [0.05, 0.1) is 0 Å². The van der Waals surface area contributed by atoms with E-state index in [9.17, 15) is 4.79 Å². The molecule has 1 aromatic heterocycles. The van der Waals surface area contributed by atoms with Crippen LogP contribution in [0.3, 0.4) is 0 Å². The first kappa shape index (κ1) is 15.9. The van der Waals surface area contributed by atoms with Crippen LogP contribution >= 0.6 is 27.3 Å². The third kappa shape index (κ3) is 3.59. The normalized spacial score (nSPS) is 10.5. The van der Waals surface area contributed by atoms with E-state index < -0.39 is 0 Å². The molecule has 0 radical (unpaired) electrons. The molecule has 5 nitrogen and oxygen atoms in total. The van der Waals surface area contributed by atoms with Crippen molar-refractivity contribution in [1.82, 2.24) is 15.1 Å². The van der Waals surface area contributed by atoms with Gasteiger partial charge in [-0.25, -0.2) is 4.79 Å². The zero-order valence-electron chi connectivity index (χ0n) is 12.2. The molecule has 0 bridgehead atoms. The molecule has 0 saturated carbocycles. The number of hydrogen-bond donors (Lipinski definition) is 0. The van der Waals surface area contributed by atoms with E-state index in [1.54, 1.807) is 16.8 Å². The summed E-state index contributed by atoms with van der Waals surface area (Å²) >= 11 is 4.81. The summed E-state index contributed by atoms with van der Waals surface area (Å²) in [6.45, 7) is 5.28. The zero-order chi connectivity index (χ0) is 15.4. The molecule has 0 spiro atoms. The Bertz CT molecular complexity index is 610. The van der Waals surface area contributed by atoms with E-state index >= 15 is 0 Å². The topological polar surface area (TPSA) is 49.3 Å². The molecular weight excluding hydrogens is 352 g/mol. The lowest BCUT2D eigenvalue weighted by molar-refractivity contribution is 0.211. The van der Waals surface area contributed by atoms with Crippen molar-refractivity contribution in [1.29, 1.82) is 0 Å². The van der Waals surface area contributed by atoms with Gasteiger partial charge in [0.15, 0.2) is 0 Å². The fourth-order valence-electron chi connectivity index (χ4n) is 1.85. The monoisotopic (exact) mass is 368 g/mol. The third-order valence-electron chi connectivity index (χ3n) is 3.11. The summed E-state index contributed by atoms with van der Waals surface area (Å²) in [7, 11) is 1.73. The van der Waals surface area contributed by atoms with Crippen molar-refractivity contribution in [2.45, 2.75) is 13.8 Å². The predicted molar refractivity (Wildman–Crippen MR) is 89.8 cm³/mol. The largest absolute Gasteiger partial charge is 0.326 e. The number of amides is 2. The van der Waals surface area contributed by atoms with Gasteiger partial charge in [0.2, 0.25) is 5.13 Å². The van der Waals surface area contributed by atoms with E-state index in [0.29, 0.717) is 18.2 Å². The first-order valence-corrected chi connectivity index (χ1v) is 8.29. The van der Waals surface area contributed by atoms with Crippen LogP contribution in [0.5, 0.6) is 0 Å². The highest BCUT2D eigenvalue weighted by Gasteiger charge is 2.20. The minimum atomic E-state index is -0.0569. The standard InChI is InChI=1S/C14H17BrN4OS/c1-4-19(5-2)14(20)18(3)13-17-16-12(21-13)10-6-8-11(15)9-7-10/h6-9H,4-5H2,1-3H3. The highest BCUT2D eigenvalue weighted by molar-refractivity contribution is 9.10. The molecule has 0 aliphatic carbocycles. The zero-order valence-corrected chi connectivity index (χ0v) is 14.6. The van der Waals surface area contributed by atoms with Crippen molar-refractivity contribution in [3.05, 3.63) is 28.7 Å². The van der Waals surface area contributed by atoms with Crippen molar-refractivity contribution in [2.75, 3.05) is 25.0 Å². The molecule has 0 aliphatic rings. The summed E-state index contributed by atoms with van der Waals surface area (Å²) in [4.78, 5) is 15.6. The Morgan fingerprint density at radius 3 is 2.38 bits per heavy atom. The van der Waals surface area contributed by atoms with E-state index in [2.05, 4.69) is 26.1 Å². The number of carbonyl (C=O) groups is 1. The highest BCUT2D eigenvalue weighted by atomic mass is 79.9. The number of rotatable bonds is 4. The van der Waals surface area contributed by atoms with Gasteiger partial charge in [-0.05, 0) is 26.0 Å². The summed E-state index contributed by atoms with van der Waals surface area (Å²) in [6, 6.07) is 7.81. The van der Waals surface area contributed by atoms with E-state index in [4.69, 9.17) is 0 Å². The Morgan fingerprint density at radius 2 is 1.81 bits per heavy atom. The molecule has 2 aromatic rings. The number of benzene rings is 1. The Kier molecular flexibility index (Phi) is 5.30. The van der Waals surface area contributed by atoms with Crippen molar-refractivity contribution < 1.29 is 4.79 Å². The van der Waals surface area contributed by atoms with E-state index in [-0.39, 0.29) is 6.03 Å². The minimum absolute atomic E-state index is 0.0569. The van der Waals surface area contributed by atoms with Crippen LogP contribution in [0.25, 0.3) is 10.6 Å². The van der Waals surface area contributed by atoms with Crippen LogP contribution in [0.2, 0.25) is 0 Å². The number of halogens is 1. The lowest BCUT2D eigenvalue weighted by atomic mass is 10.2. The van der Waals surface area contributed by atoms with Crippen LogP contribution in [-0.4, -0.2) is 41.3 Å². The molecule has 2 rings (SSSR count). The summed E-state index contributed by atoms with van der Waals surface area (Å²) in [5.41, 5.74) is 0.991. The SMILES string of the molecule is CCN(CC)C(=O)N(C)c1nnc(-c2ccc(Br)cc2)s1. The van der Waals surface area contributed by atoms with Crippen molar-refractivity contribution in [3.63, 3.8) is 0 Å². The first-order valence-electron chi connectivity index (χ1n) is 6.68. The number of aromatic nitrogens is 2.